The van der Waals surface area contributed by atoms with Crippen LogP contribution in [0.4, 0.5) is 4.39 Å². The van der Waals surface area contributed by atoms with E-state index in [0.717, 1.165) is 12.8 Å². The molecular formula is C13H14BrFO3. The Balaban J connectivity index is 2.42. The molecule has 0 spiro atoms. The molecule has 3 nitrogen and oxygen atoms in total. The lowest BCUT2D eigenvalue weighted by atomic mass is 9.90. The highest BCUT2D eigenvalue weighted by Gasteiger charge is 2.37. The summed E-state index contributed by atoms with van der Waals surface area (Å²) in [6.07, 6.45) is 1.87. The molecule has 0 heterocycles. The lowest BCUT2D eigenvalue weighted by Gasteiger charge is -2.18. The van der Waals surface area contributed by atoms with E-state index >= 15 is 0 Å². The second kappa shape index (κ2) is 5.26. The Morgan fingerprint density at radius 2 is 2.28 bits per heavy atom. The van der Waals surface area contributed by atoms with Gasteiger partial charge in [-0.15, -0.1) is 0 Å². The standard InChI is InChI=1S/C13H14BrFO3/c1-18-10-5-4-9(14)12(13(10)15)8(6-11(16)17)7-2-3-7/h4-5,7-8H,2-3,6H2,1H3,(H,16,17). The summed E-state index contributed by atoms with van der Waals surface area (Å²) in [6.45, 7) is 0. The molecule has 2 rings (SSSR count). The highest BCUT2D eigenvalue weighted by Crippen LogP contribution is 2.48. The van der Waals surface area contributed by atoms with Crippen molar-refractivity contribution in [3.05, 3.63) is 28.0 Å². The van der Waals surface area contributed by atoms with E-state index in [9.17, 15) is 9.18 Å². The predicted molar refractivity (Wildman–Crippen MR) is 68.4 cm³/mol. The fourth-order valence-corrected chi connectivity index (χ4v) is 2.84. The SMILES string of the molecule is COc1ccc(Br)c(C(CC(=O)O)C2CC2)c1F. The van der Waals surface area contributed by atoms with Gasteiger partial charge >= 0.3 is 5.97 Å². The molecule has 98 valence electrons. The highest BCUT2D eigenvalue weighted by atomic mass is 79.9. The Morgan fingerprint density at radius 1 is 1.61 bits per heavy atom. The van der Waals surface area contributed by atoms with Crippen molar-refractivity contribution in [2.75, 3.05) is 7.11 Å². The molecule has 18 heavy (non-hydrogen) atoms. The Labute approximate surface area is 113 Å². The van der Waals surface area contributed by atoms with Crippen molar-refractivity contribution in [1.29, 1.82) is 0 Å². The third-order valence-electron chi connectivity index (χ3n) is 3.27. The van der Waals surface area contributed by atoms with Gasteiger partial charge in [0.25, 0.3) is 0 Å². The van der Waals surface area contributed by atoms with Gasteiger partial charge in [-0.25, -0.2) is 4.39 Å². The van der Waals surface area contributed by atoms with Gasteiger partial charge in [-0.3, -0.25) is 4.79 Å². The Kier molecular flexibility index (Phi) is 3.90. The Hall–Kier alpha value is -1.10. The summed E-state index contributed by atoms with van der Waals surface area (Å²) in [7, 11) is 1.40. The first-order chi connectivity index (χ1) is 8.54. The monoisotopic (exact) mass is 316 g/mol. The lowest BCUT2D eigenvalue weighted by Crippen LogP contribution is -2.11. The van der Waals surface area contributed by atoms with Gasteiger partial charge in [-0.05, 0) is 30.9 Å². The third kappa shape index (κ3) is 2.66. The van der Waals surface area contributed by atoms with Crippen LogP contribution in [0.5, 0.6) is 5.75 Å². The second-order valence-corrected chi connectivity index (χ2v) is 5.37. The van der Waals surface area contributed by atoms with Crippen LogP contribution in [0.15, 0.2) is 16.6 Å². The van der Waals surface area contributed by atoms with Gasteiger partial charge in [0, 0.05) is 16.0 Å². The Bertz CT molecular complexity index is 472. The van der Waals surface area contributed by atoms with E-state index in [-0.39, 0.29) is 24.0 Å². The average molecular weight is 317 g/mol. The summed E-state index contributed by atoms with van der Waals surface area (Å²) in [5, 5.41) is 8.96. The van der Waals surface area contributed by atoms with E-state index in [0.29, 0.717) is 10.0 Å². The van der Waals surface area contributed by atoms with Crippen LogP contribution in [0.25, 0.3) is 0 Å². The van der Waals surface area contributed by atoms with Crippen molar-refractivity contribution in [2.45, 2.75) is 25.2 Å². The Morgan fingerprint density at radius 3 is 2.78 bits per heavy atom. The summed E-state index contributed by atoms with van der Waals surface area (Å²) < 4.78 is 19.8. The van der Waals surface area contributed by atoms with Crippen LogP contribution in [0.2, 0.25) is 0 Å². The number of ether oxygens (including phenoxy) is 1. The number of methoxy groups -OCH3 is 1. The minimum atomic E-state index is -0.902. The summed E-state index contributed by atoms with van der Waals surface area (Å²) in [4.78, 5) is 10.9. The maximum Gasteiger partial charge on any atom is 0.303 e. The fraction of sp³-hybridized carbons (Fsp3) is 0.462. The third-order valence-corrected chi connectivity index (χ3v) is 3.96. The number of carboxylic acids is 1. The number of aliphatic carboxylic acids is 1. The van der Waals surface area contributed by atoms with Gasteiger partial charge < -0.3 is 9.84 Å². The van der Waals surface area contributed by atoms with Crippen LogP contribution >= 0.6 is 15.9 Å². The van der Waals surface area contributed by atoms with Crippen molar-refractivity contribution in [1.82, 2.24) is 0 Å². The summed E-state index contributed by atoms with van der Waals surface area (Å²) in [6, 6.07) is 3.24. The molecule has 1 aromatic rings. The first-order valence-corrected chi connectivity index (χ1v) is 6.57. The molecule has 0 aromatic heterocycles. The number of carbonyl (C=O) groups is 1. The van der Waals surface area contributed by atoms with E-state index in [4.69, 9.17) is 9.84 Å². The minimum absolute atomic E-state index is 0.0483. The molecule has 5 heteroatoms. The zero-order valence-corrected chi connectivity index (χ0v) is 11.5. The molecule has 1 fully saturated rings. The molecule has 1 saturated carbocycles. The van der Waals surface area contributed by atoms with Gasteiger partial charge in [0.1, 0.15) is 0 Å². The van der Waals surface area contributed by atoms with Crippen molar-refractivity contribution >= 4 is 21.9 Å². The van der Waals surface area contributed by atoms with Gasteiger partial charge in [0.05, 0.1) is 13.5 Å². The van der Waals surface area contributed by atoms with Crippen LogP contribution < -0.4 is 4.74 Å². The van der Waals surface area contributed by atoms with Gasteiger partial charge in [0.15, 0.2) is 11.6 Å². The molecule has 1 unspecified atom stereocenters. The molecule has 0 bridgehead atoms. The smallest absolute Gasteiger partial charge is 0.303 e. The van der Waals surface area contributed by atoms with Crippen molar-refractivity contribution in [3.8, 4) is 5.75 Å². The van der Waals surface area contributed by atoms with Crippen LogP contribution in [0.3, 0.4) is 0 Å². The van der Waals surface area contributed by atoms with Crippen LogP contribution in [0, 0.1) is 11.7 Å². The molecule has 1 N–H and O–H groups in total. The first-order valence-electron chi connectivity index (χ1n) is 5.78. The molecule has 1 aliphatic rings. The largest absolute Gasteiger partial charge is 0.494 e. The maximum absolute atomic E-state index is 14.3. The van der Waals surface area contributed by atoms with E-state index in [1.807, 2.05) is 0 Å². The molecule has 0 aliphatic heterocycles. The number of halogens is 2. The number of benzene rings is 1. The zero-order chi connectivity index (χ0) is 13.3. The van der Waals surface area contributed by atoms with Crippen molar-refractivity contribution in [3.63, 3.8) is 0 Å². The van der Waals surface area contributed by atoms with Gasteiger partial charge in [-0.2, -0.15) is 0 Å². The van der Waals surface area contributed by atoms with E-state index in [2.05, 4.69) is 15.9 Å². The van der Waals surface area contributed by atoms with Crippen molar-refractivity contribution < 1.29 is 19.0 Å². The van der Waals surface area contributed by atoms with E-state index < -0.39 is 11.8 Å². The van der Waals surface area contributed by atoms with Gasteiger partial charge in [0.2, 0.25) is 0 Å². The topological polar surface area (TPSA) is 46.5 Å². The summed E-state index contributed by atoms with van der Waals surface area (Å²) in [5.74, 6) is -1.22. The number of carboxylic acid groups (broad SMARTS) is 1. The van der Waals surface area contributed by atoms with Crippen LogP contribution in [0.1, 0.15) is 30.7 Å². The van der Waals surface area contributed by atoms with Crippen LogP contribution in [-0.2, 0) is 4.79 Å². The average Bonchev–Trinajstić information content (AvgIpc) is 3.11. The highest BCUT2D eigenvalue weighted by molar-refractivity contribution is 9.10. The predicted octanol–water partition coefficient (Wildman–Crippen LogP) is 3.57. The van der Waals surface area contributed by atoms with Crippen molar-refractivity contribution in [2.24, 2.45) is 5.92 Å². The molecule has 0 amide bonds. The quantitative estimate of drug-likeness (QED) is 0.903. The number of hydrogen-bond donors (Lipinski definition) is 1. The minimum Gasteiger partial charge on any atom is -0.494 e. The molecule has 1 aromatic carbocycles. The summed E-state index contributed by atoms with van der Waals surface area (Å²) >= 11 is 3.31. The van der Waals surface area contributed by atoms with E-state index in [1.54, 1.807) is 6.07 Å². The second-order valence-electron chi connectivity index (χ2n) is 4.52. The van der Waals surface area contributed by atoms with E-state index in [1.165, 1.54) is 13.2 Å². The normalized spacial score (nSPS) is 16.4. The molecule has 0 saturated heterocycles. The lowest BCUT2D eigenvalue weighted by molar-refractivity contribution is -0.137. The summed E-state index contributed by atoms with van der Waals surface area (Å²) in [5.41, 5.74) is 0.430. The molecular weight excluding hydrogens is 303 g/mol. The molecule has 1 aliphatic carbocycles. The number of rotatable bonds is 5. The molecule has 1 atom stereocenters. The van der Waals surface area contributed by atoms with Gasteiger partial charge in [-0.1, -0.05) is 15.9 Å². The maximum atomic E-state index is 14.3. The fourth-order valence-electron chi connectivity index (χ4n) is 2.24. The number of hydrogen-bond acceptors (Lipinski definition) is 2. The molecule has 0 radical (unpaired) electrons. The van der Waals surface area contributed by atoms with Crippen LogP contribution in [-0.4, -0.2) is 18.2 Å². The first kappa shape index (κ1) is 13.3. The zero-order valence-electron chi connectivity index (χ0n) is 9.95.